The van der Waals surface area contributed by atoms with Gasteiger partial charge in [0, 0.05) is 16.7 Å². The van der Waals surface area contributed by atoms with E-state index < -0.39 is 11.6 Å². The quantitative estimate of drug-likeness (QED) is 0.491. The minimum Gasteiger partial charge on any atom is -0.368 e. The molecule has 1 nitrogen and oxygen atoms in total. The number of rotatable bonds is 5. The molecule has 1 saturated carbocycles. The van der Waals surface area contributed by atoms with E-state index in [-0.39, 0.29) is 23.0 Å². The molecule has 1 aliphatic heterocycles. The first kappa shape index (κ1) is 18.9. The summed E-state index contributed by atoms with van der Waals surface area (Å²) in [6, 6.07) is 7.83. The highest BCUT2D eigenvalue weighted by atomic mass is 19.2. The maximum Gasteiger partial charge on any atom is 0.167 e. The van der Waals surface area contributed by atoms with E-state index in [9.17, 15) is 8.78 Å². The van der Waals surface area contributed by atoms with Crippen LogP contribution in [0.2, 0.25) is 0 Å². The van der Waals surface area contributed by atoms with E-state index in [1.165, 1.54) is 37.5 Å². The van der Waals surface area contributed by atoms with Crippen molar-refractivity contribution in [2.24, 2.45) is 17.8 Å². The predicted octanol–water partition coefficient (Wildman–Crippen LogP) is 7.07. The highest BCUT2D eigenvalue weighted by Gasteiger charge is 2.41. The fourth-order valence-electron chi connectivity index (χ4n) is 5.53. The molecule has 4 atom stereocenters. The molecule has 2 aliphatic carbocycles. The highest BCUT2D eigenvalue weighted by Crippen LogP contribution is 2.52. The second-order valence-corrected chi connectivity index (χ2v) is 8.64. The Morgan fingerprint density at radius 2 is 1.79 bits per heavy atom. The third-order valence-corrected chi connectivity index (χ3v) is 7.02. The van der Waals surface area contributed by atoms with Crippen molar-refractivity contribution in [1.29, 1.82) is 0 Å². The summed E-state index contributed by atoms with van der Waals surface area (Å²) >= 11 is 0. The third-order valence-electron chi connectivity index (χ3n) is 7.02. The maximum atomic E-state index is 15.1. The van der Waals surface area contributed by atoms with Gasteiger partial charge < -0.3 is 4.74 Å². The van der Waals surface area contributed by atoms with Gasteiger partial charge in [0.25, 0.3) is 0 Å². The molecule has 2 aromatic carbocycles. The van der Waals surface area contributed by atoms with Crippen LogP contribution in [0.25, 0.3) is 16.7 Å². The number of fused-ring (bicyclic) bond motifs is 1. The number of halogens is 3. The van der Waals surface area contributed by atoms with Crippen molar-refractivity contribution >= 4 is 5.57 Å². The van der Waals surface area contributed by atoms with Crippen LogP contribution in [0.3, 0.4) is 0 Å². The van der Waals surface area contributed by atoms with Crippen LogP contribution in [0.4, 0.5) is 13.2 Å². The summed E-state index contributed by atoms with van der Waals surface area (Å²) in [5.74, 6) is -0.395. The summed E-state index contributed by atoms with van der Waals surface area (Å²) in [7, 11) is 0. The van der Waals surface area contributed by atoms with Gasteiger partial charge in [-0.25, -0.2) is 13.2 Å². The Morgan fingerprint density at radius 3 is 2.52 bits per heavy atom. The summed E-state index contributed by atoms with van der Waals surface area (Å²) < 4.78 is 49.1. The van der Waals surface area contributed by atoms with Gasteiger partial charge in [-0.3, -0.25) is 0 Å². The summed E-state index contributed by atoms with van der Waals surface area (Å²) in [6.45, 7) is 2.64. The van der Waals surface area contributed by atoms with Crippen LogP contribution in [0.1, 0.15) is 56.3 Å². The molecule has 29 heavy (non-hydrogen) atoms. The van der Waals surface area contributed by atoms with Crippen LogP contribution >= 0.6 is 0 Å². The topological polar surface area (TPSA) is 12.5 Å². The second-order valence-electron chi connectivity index (χ2n) is 8.64. The first-order valence-electron chi connectivity index (χ1n) is 10.7. The molecular weight excluding hydrogens is 373 g/mol. The lowest BCUT2D eigenvalue weighted by Gasteiger charge is -2.20. The van der Waals surface area contributed by atoms with E-state index in [4.69, 9.17) is 4.74 Å². The van der Waals surface area contributed by atoms with E-state index in [1.807, 2.05) is 0 Å². The Labute approximate surface area is 169 Å². The van der Waals surface area contributed by atoms with Crippen LogP contribution < -0.4 is 0 Å². The van der Waals surface area contributed by atoms with Gasteiger partial charge >= 0.3 is 0 Å². The lowest BCUT2D eigenvalue weighted by atomic mass is 9.85. The van der Waals surface area contributed by atoms with E-state index in [0.717, 1.165) is 24.3 Å². The zero-order chi connectivity index (χ0) is 20.1. The van der Waals surface area contributed by atoms with E-state index in [1.54, 1.807) is 12.1 Å². The SMILES string of the molecule is CCCC1CCC2C(c3ccc(-c4ccc(C5CO5)c(F)c4F)cc3F)=CCC12. The van der Waals surface area contributed by atoms with Gasteiger partial charge in [-0.1, -0.05) is 50.1 Å². The third kappa shape index (κ3) is 3.22. The molecule has 2 aromatic rings. The van der Waals surface area contributed by atoms with E-state index in [0.29, 0.717) is 29.6 Å². The number of hydrogen-bond acceptors (Lipinski definition) is 1. The van der Waals surface area contributed by atoms with Gasteiger partial charge in [0.05, 0.1) is 6.61 Å². The van der Waals surface area contributed by atoms with E-state index >= 15 is 4.39 Å². The standard InChI is InChI=1S/C25H25F3O/c1-2-3-14-4-6-18-16(14)8-10-19(18)20-7-5-15(12-22(20)26)17-9-11-21(23-13-29-23)25(28)24(17)27/h5,7,9-12,14,16,18,23H,2-4,6,8,13H2,1H3. The second kappa shape index (κ2) is 7.32. The van der Waals surface area contributed by atoms with Gasteiger partial charge in [0.1, 0.15) is 11.9 Å². The molecule has 3 aliphatic rings. The average Bonchev–Trinajstić information content (AvgIpc) is 3.35. The molecule has 0 spiro atoms. The van der Waals surface area contributed by atoms with Crippen molar-refractivity contribution in [3.8, 4) is 11.1 Å². The number of epoxide rings is 1. The van der Waals surface area contributed by atoms with Crippen molar-refractivity contribution in [2.75, 3.05) is 6.61 Å². The molecule has 1 saturated heterocycles. The first-order valence-corrected chi connectivity index (χ1v) is 10.7. The van der Waals surface area contributed by atoms with Crippen LogP contribution in [-0.2, 0) is 4.74 Å². The fourth-order valence-corrected chi connectivity index (χ4v) is 5.53. The van der Waals surface area contributed by atoms with Crippen molar-refractivity contribution in [3.63, 3.8) is 0 Å². The van der Waals surface area contributed by atoms with Gasteiger partial charge in [-0.2, -0.15) is 0 Å². The fraction of sp³-hybridized carbons (Fsp3) is 0.440. The van der Waals surface area contributed by atoms with Crippen LogP contribution in [0, 0.1) is 35.2 Å². The summed E-state index contributed by atoms with van der Waals surface area (Å²) in [5.41, 5.74) is 2.39. The molecule has 1 heterocycles. The Kier molecular flexibility index (Phi) is 4.78. The molecule has 152 valence electrons. The largest absolute Gasteiger partial charge is 0.368 e. The predicted molar refractivity (Wildman–Crippen MR) is 108 cm³/mol. The Hall–Kier alpha value is -2.07. The number of hydrogen-bond donors (Lipinski definition) is 0. The Morgan fingerprint density at radius 1 is 1.00 bits per heavy atom. The van der Waals surface area contributed by atoms with Crippen molar-refractivity contribution in [2.45, 2.75) is 45.1 Å². The highest BCUT2D eigenvalue weighted by molar-refractivity contribution is 5.74. The molecule has 0 radical (unpaired) electrons. The normalized spacial score (nSPS) is 27.8. The molecule has 2 fully saturated rings. The monoisotopic (exact) mass is 398 g/mol. The van der Waals surface area contributed by atoms with Crippen LogP contribution in [0.15, 0.2) is 36.4 Å². The van der Waals surface area contributed by atoms with Gasteiger partial charge in [0.2, 0.25) is 0 Å². The number of ether oxygens (including phenoxy) is 1. The summed E-state index contributed by atoms with van der Waals surface area (Å²) in [5, 5.41) is 0. The number of allylic oxidation sites excluding steroid dienone is 2. The minimum absolute atomic E-state index is 0.0829. The molecule has 0 N–H and O–H groups in total. The molecule has 0 aromatic heterocycles. The lowest BCUT2D eigenvalue weighted by molar-refractivity contribution is 0.347. The van der Waals surface area contributed by atoms with Crippen LogP contribution in [0.5, 0.6) is 0 Å². The van der Waals surface area contributed by atoms with Gasteiger partial charge in [0.15, 0.2) is 11.6 Å². The van der Waals surface area contributed by atoms with Crippen molar-refractivity contribution in [1.82, 2.24) is 0 Å². The zero-order valence-corrected chi connectivity index (χ0v) is 16.6. The van der Waals surface area contributed by atoms with Crippen molar-refractivity contribution < 1.29 is 17.9 Å². The Balaban J connectivity index is 1.43. The summed E-state index contributed by atoms with van der Waals surface area (Å²) in [6.07, 6.45) is 7.64. The van der Waals surface area contributed by atoms with Crippen molar-refractivity contribution in [3.05, 3.63) is 65.0 Å². The van der Waals surface area contributed by atoms with E-state index in [2.05, 4.69) is 13.0 Å². The Bertz CT molecular complexity index is 976. The first-order chi connectivity index (χ1) is 14.1. The molecular formula is C25H25F3O. The van der Waals surface area contributed by atoms with Crippen LogP contribution in [-0.4, -0.2) is 6.61 Å². The average molecular weight is 398 g/mol. The lowest BCUT2D eigenvalue weighted by Crippen LogP contribution is -2.11. The molecule has 0 bridgehead atoms. The minimum atomic E-state index is -0.941. The molecule has 5 rings (SSSR count). The molecule has 4 heteroatoms. The molecule has 0 amide bonds. The van der Waals surface area contributed by atoms with Gasteiger partial charge in [-0.05, 0) is 54.2 Å². The summed E-state index contributed by atoms with van der Waals surface area (Å²) in [4.78, 5) is 0. The smallest absolute Gasteiger partial charge is 0.167 e. The van der Waals surface area contributed by atoms with Gasteiger partial charge in [-0.15, -0.1) is 0 Å². The molecule has 4 unspecified atom stereocenters. The maximum absolute atomic E-state index is 15.1. The number of benzene rings is 2. The zero-order valence-electron chi connectivity index (χ0n) is 16.6.